The molecule has 0 amide bonds. The molecule has 2 heteroatoms. The molecule has 3 aromatic carbocycles. The van der Waals surface area contributed by atoms with Gasteiger partial charge in [0.15, 0.2) is 11.4 Å². The average Bonchev–Trinajstić information content (AvgIpc) is 2.78. The van der Waals surface area contributed by atoms with E-state index in [1.54, 1.807) is 6.07 Å². The van der Waals surface area contributed by atoms with Crippen molar-refractivity contribution in [2.45, 2.75) is 6.92 Å². The number of benzene rings is 3. The first-order valence-electron chi connectivity index (χ1n) is 7.48. The number of nitrogens with zero attached hydrogens (tertiary/aromatic N) is 1. The smallest absolute Gasteiger partial charge is 0.151 e. The Balaban J connectivity index is 2.09. The molecular formula is C20H18NO+. The topological polar surface area (TPSA) is 20.2 Å². The summed E-state index contributed by atoms with van der Waals surface area (Å²) in [5.74, 6) is 0.301. The lowest BCUT2D eigenvalue weighted by molar-refractivity contribution is 0.473. The van der Waals surface area contributed by atoms with Crippen molar-refractivity contribution in [3.63, 3.8) is 0 Å². The molecule has 1 atom stereocenters. The van der Waals surface area contributed by atoms with Gasteiger partial charge in [0, 0.05) is 35.4 Å². The van der Waals surface area contributed by atoms with Crippen molar-refractivity contribution in [1.29, 1.82) is 0 Å². The summed E-state index contributed by atoms with van der Waals surface area (Å²) in [5.41, 5.74) is 7.35. The zero-order valence-corrected chi connectivity index (χ0v) is 12.7. The summed E-state index contributed by atoms with van der Waals surface area (Å²) in [6.07, 6.45) is 0. The number of rotatable bonds is 1. The van der Waals surface area contributed by atoms with Crippen LogP contribution in [0.3, 0.4) is 0 Å². The van der Waals surface area contributed by atoms with Gasteiger partial charge in [-0.15, -0.1) is 0 Å². The Bertz CT molecular complexity index is 884. The van der Waals surface area contributed by atoms with Gasteiger partial charge in [0.1, 0.15) is 11.4 Å². The maximum Gasteiger partial charge on any atom is 0.151 e. The molecule has 0 aromatic heterocycles. The number of fused-ring (bicyclic) bond motifs is 3. The largest absolute Gasteiger partial charge is 0.508 e. The number of phenols is 1. The summed E-state index contributed by atoms with van der Waals surface area (Å²) < 4.78 is 0.585. The Labute approximate surface area is 130 Å². The van der Waals surface area contributed by atoms with Crippen molar-refractivity contribution >= 4 is 17.1 Å². The molecule has 1 N–H and O–H groups in total. The Morgan fingerprint density at radius 1 is 0.773 bits per heavy atom. The molecule has 1 unspecified atom stereocenters. The Morgan fingerprint density at radius 3 is 2.36 bits per heavy atom. The number of para-hydroxylation sites is 1. The highest BCUT2D eigenvalue weighted by Crippen LogP contribution is 2.56. The summed E-state index contributed by atoms with van der Waals surface area (Å²) in [4.78, 5) is 0. The molecule has 0 bridgehead atoms. The number of hydrogen-bond acceptors (Lipinski definition) is 1. The summed E-state index contributed by atoms with van der Waals surface area (Å²) in [7, 11) is 2.19. The van der Waals surface area contributed by atoms with Crippen LogP contribution in [0.1, 0.15) is 5.56 Å². The van der Waals surface area contributed by atoms with Crippen molar-refractivity contribution in [2.24, 2.45) is 0 Å². The summed E-state index contributed by atoms with van der Waals surface area (Å²) in [5, 5.41) is 9.93. The van der Waals surface area contributed by atoms with Crippen LogP contribution in [-0.4, -0.2) is 12.2 Å². The quantitative estimate of drug-likeness (QED) is 0.604. The second kappa shape index (κ2) is 4.46. The molecule has 0 fully saturated rings. The minimum absolute atomic E-state index is 0.301. The molecule has 3 aromatic rings. The van der Waals surface area contributed by atoms with E-state index in [4.69, 9.17) is 0 Å². The highest BCUT2D eigenvalue weighted by Gasteiger charge is 2.42. The molecule has 2 nitrogen and oxygen atoms in total. The van der Waals surface area contributed by atoms with Crippen LogP contribution in [0.2, 0.25) is 0 Å². The van der Waals surface area contributed by atoms with Gasteiger partial charge in [-0.05, 0) is 30.7 Å². The number of aryl methyl sites for hydroxylation is 1. The van der Waals surface area contributed by atoms with E-state index < -0.39 is 0 Å². The lowest BCUT2D eigenvalue weighted by atomic mass is 10.0. The van der Waals surface area contributed by atoms with Crippen molar-refractivity contribution in [3.05, 3.63) is 72.3 Å². The molecule has 0 aliphatic carbocycles. The minimum Gasteiger partial charge on any atom is -0.508 e. The predicted molar refractivity (Wildman–Crippen MR) is 91.8 cm³/mol. The highest BCUT2D eigenvalue weighted by atomic mass is 16.3. The number of hydrogen-bond donors (Lipinski definition) is 1. The SMILES string of the molecule is Cc1ccc2c(c1)[N+](C)(c1cccc(O)c1)c1ccccc1-2. The van der Waals surface area contributed by atoms with E-state index in [9.17, 15) is 5.11 Å². The van der Waals surface area contributed by atoms with E-state index in [-0.39, 0.29) is 0 Å². The standard InChI is InChI=1S/C20H17NO/c1-14-10-11-18-17-8-3-4-9-19(17)21(2,20(18)12-14)15-6-5-7-16(22)13-15/h3-13H,1-2H3/p+1. The van der Waals surface area contributed by atoms with Crippen LogP contribution in [-0.2, 0) is 0 Å². The molecule has 4 rings (SSSR count). The maximum atomic E-state index is 9.93. The van der Waals surface area contributed by atoms with Gasteiger partial charge >= 0.3 is 0 Å². The lowest BCUT2D eigenvalue weighted by Crippen LogP contribution is -2.31. The van der Waals surface area contributed by atoms with E-state index in [2.05, 4.69) is 62.5 Å². The second-order valence-corrected chi connectivity index (χ2v) is 6.06. The van der Waals surface area contributed by atoms with Gasteiger partial charge in [-0.2, -0.15) is 0 Å². The van der Waals surface area contributed by atoms with Gasteiger partial charge in [0.05, 0.1) is 7.05 Å². The molecule has 22 heavy (non-hydrogen) atoms. The first kappa shape index (κ1) is 13.1. The van der Waals surface area contributed by atoms with E-state index in [0.29, 0.717) is 10.2 Å². The van der Waals surface area contributed by atoms with E-state index >= 15 is 0 Å². The lowest BCUT2D eigenvalue weighted by Gasteiger charge is -2.30. The summed E-state index contributed by atoms with van der Waals surface area (Å²) in [6.45, 7) is 2.12. The molecule has 1 aliphatic rings. The van der Waals surface area contributed by atoms with Crippen LogP contribution in [0.4, 0.5) is 17.1 Å². The van der Waals surface area contributed by atoms with Crippen LogP contribution in [0.15, 0.2) is 66.7 Å². The van der Waals surface area contributed by atoms with Crippen molar-refractivity contribution in [2.75, 3.05) is 7.05 Å². The zero-order valence-electron chi connectivity index (χ0n) is 12.7. The number of phenolic OH excluding ortho intramolecular Hbond substituents is 1. The van der Waals surface area contributed by atoms with Crippen LogP contribution in [0.25, 0.3) is 11.1 Å². The summed E-state index contributed by atoms with van der Waals surface area (Å²) in [6, 6.07) is 22.7. The molecule has 0 radical (unpaired) electrons. The molecule has 0 spiro atoms. The van der Waals surface area contributed by atoms with Gasteiger partial charge in [-0.3, -0.25) is 0 Å². The predicted octanol–water partition coefficient (Wildman–Crippen LogP) is 5.28. The fourth-order valence-electron chi connectivity index (χ4n) is 3.51. The molecule has 0 saturated heterocycles. The molecule has 1 aliphatic heterocycles. The Morgan fingerprint density at radius 2 is 1.55 bits per heavy atom. The van der Waals surface area contributed by atoms with E-state index in [1.807, 2.05) is 12.1 Å². The fourth-order valence-corrected chi connectivity index (χ4v) is 3.51. The van der Waals surface area contributed by atoms with Gasteiger partial charge in [0.25, 0.3) is 0 Å². The van der Waals surface area contributed by atoms with Gasteiger partial charge in [0.2, 0.25) is 0 Å². The Kier molecular flexibility index (Phi) is 2.65. The highest BCUT2D eigenvalue weighted by molar-refractivity contribution is 5.98. The van der Waals surface area contributed by atoms with Crippen LogP contribution in [0, 0.1) is 6.92 Å². The van der Waals surface area contributed by atoms with Crippen molar-refractivity contribution < 1.29 is 5.11 Å². The molecule has 1 heterocycles. The molecular weight excluding hydrogens is 270 g/mol. The third-order valence-corrected chi connectivity index (χ3v) is 4.66. The zero-order chi connectivity index (χ0) is 15.3. The second-order valence-electron chi connectivity index (χ2n) is 6.06. The Hall–Kier alpha value is -2.58. The van der Waals surface area contributed by atoms with Crippen LogP contribution >= 0.6 is 0 Å². The van der Waals surface area contributed by atoms with E-state index in [1.165, 1.54) is 28.1 Å². The van der Waals surface area contributed by atoms with Crippen molar-refractivity contribution in [3.8, 4) is 16.9 Å². The maximum absolute atomic E-state index is 9.93. The third-order valence-electron chi connectivity index (χ3n) is 4.66. The average molecular weight is 288 g/mol. The van der Waals surface area contributed by atoms with Crippen molar-refractivity contribution in [1.82, 2.24) is 4.48 Å². The summed E-state index contributed by atoms with van der Waals surface area (Å²) >= 11 is 0. The minimum atomic E-state index is 0.301. The number of quaternary nitrogens is 1. The van der Waals surface area contributed by atoms with Gasteiger partial charge in [-0.25, -0.2) is 4.48 Å². The van der Waals surface area contributed by atoms with Gasteiger partial charge < -0.3 is 5.11 Å². The molecule has 0 saturated carbocycles. The first-order chi connectivity index (χ1) is 10.6. The van der Waals surface area contributed by atoms with E-state index in [0.717, 1.165) is 5.69 Å². The number of aromatic hydroxyl groups is 1. The molecule has 108 valence electrons. The van der Waals surface area contributed by atoms with Gasteiger partial charge in [-0.1, -0.05) is 24.3 Å². The van der Waals surface area contributed by atoms with Crippen LogP contribution < -0.4 is 4.48 Å². The third kappa shape index (κ3) is 1.65. The monoisotopic (exact) mass is 288 g/mol. The normalized spacial score (nSPS) is 18.8. The first-order valence-corrected chi connectivity index (χ1v) is 7.48. The van der Waals surface area contributed by atoms with Crippen LogP contribution in [0.5, 0.6) is 5.75 Å². The fraction of sp³-hybridized carbons (Fsp3) is 0.100.